The quantitative estimate of drug-likeness (QED) is 0.915. The van der Waals surface area contributed by atoms with Crippen molar-refractivity contribution < 1.29 is 9.90 Å². The Morgan fingerprint density at radius 3 is 2.58 bits per heavy atom. The molecule has 0 aromatic carbocycles. The lowest BCUT2D eigenvalue weighted by Gasteiger charge is -2.07. The summed E-state index contributed by atoms with van der Waals surface area (Å²) in [7, 11) is 0. The first kappa shape index (κ1) is 13.3. The first-order valence-corrected chi connectivity index (χ1v) is 6.36. The second kappa shape index (κ2) is 5.22. The molecule has 0 aliphatic rings. The van der Waals surface area contributed by atoms with Gasteiger partial charge in [-0.05, 0) is 38.0 Å². The van der Waals surface area contributed by atoms with Gasteiger partial charge in [-0.2, -0.15) is 5.10 Å². The van der Waals surface area contributed by atoms with Gasteiger partial charge in [0.15, 0.2) is 5.82 Å². The lowest BCUT2D eigenvalue weighted by molar-refractivity contribution is 0.0695. The minimum Gasteiger partial charge on any atom is -0.478 e. The third-order valence-electron chi connectivity index (χ3n) is 3.08. The first-order valence-electron chi connectivity index (χ1n) is 6.36. The predicted octanol–water partition coefficient (Wildman–Crippen LogP) is 2.40. The Kier molecular flexibility index (Phi) is 3.64. The number of aromatic nitrogens is 3. The fraction of sp³-hybridized carbons (Fsp3) is 0.357. The third-order valence-corrected chi connectivity index (χ3v) is 3.08. The van der Waals surface area contributed by atoms with Crippen LogP contribution in [0.3, 0.4) is 0 Å². The number of aryl methyl sites for hydroxylation is 3. The summed E-state index contributed by atoms with van der Waals surface area (Å²) in [6.45, 7) is 5.81. The molecule has 0 spiro atoms. The highest BCUT2D eigenvalue weighted by Crippen LogP contribution is 2.15. The Bertz CT molecular complexity index is 617. The fourth-order valence-corrected chi connectivity index (χ4v) is 1.99. The second-order valence-electron chi connectivity index (χ2n) is 4.35. The lowest BCUT2D eigenvalue weighted by Crippen LogP contribution is -2.08. The molecule has 2 rings (SSSR count). The van der Waals surface area contributed by atoms with E-state index in [1.165, 1.54) is 0 Å². The van der Waals surface area contributed by atoms with Crippen LogP contribution >= 0.6 is 0 Å². The largest absolute Gasteiger partial charge is 0.478 e. The van der Waals surface area contributed by atoms with Gasteiger partial charge in [0.25, 0.3) is 0 Å². The maximum Gasteiger partial charge on any atom is 0.337 e. The van der Waals surface area contributed by atoms with Gasteiger partial charge in [0.2, 0.25) is 0 Å². The van der Waals surface area contributed by atoms with Crippen molar-refractivity contribution in [3.63, 3.8) is 0 Å². The smallest absolute Gasteiger partial charge is 0.337 e. The maximum atomic E-state index is 11.0. The van der Waals surface area contributed by atoms with Crippen LogP contribution in [0.2, 0.25) is 0 Å². The summed E-state index contributed by atoms with van der Waals surface area (Å²) in [6, 6.07) is 5.33. The summed E-state index contributed by atoms with van der Waals surface area (Å²) >= 11 is 0. The van der Waals surface area contributed by atoms with Crippen LogP contribution in [0, 0.1) is 6.92 Å². The van der Waals surface area contributed by atoms with Crippen molar-refractivity contribution >= 4 is 5.97 Å². The molecule has 0 atom stereocenters. The van der Waals surface area contributed by atoms with Crippen LogP contribution in [0.1, 0.15) is 41.3 Å². The van der Waals surface area contributed by atoms with Crippen molar-refractivity contribution in [3.8, 4) is 5.82 Å². The number of pyridine rings is 1. The topological polar surface area (TPSA) is 68.0 Å². The Labute approximate surface area is 111 Å². The van der Waals surface area contributed by atoms with E-state index < -0.39 is 5.97 Å². The molecule has 5 heteroatoms. The van der Waals surface area contributed by atoms with Crippen molar-refractivity contribution in [1.82, 2.24) is 14.8 Å². The van der Waals surface area contributed by atoms with Gasteiger partial charge in [-0.25, -0.2) is 14.5 Å². The Morgan fingerprint density at radius 2 is 2.05 bits per heavy atom. The highest BCUT2D eigenvalue weighted by molar-refractivity contribution is 5.88. The van der Waals surface area contributed by atoms with E-state index in [9.17, 15) is 4.79 Å². The minimum absolute atomic E-state index is 0.227. The van der Waals surface area contributed by atoms with E-state index in [1.54, 1.807) is 23.7 Å². The molecule has 0 radical (unpaired) electrons. The van der Waals surface area contributed by atoms with Gasteiger partial charge < -0.3 is 5.11 Å². The molecule has 19 heavy (non-hydrogen) atoms. The van der Waals surface area contributed by atoms with Gasteiger partial charge in [-0.1, -0.05) is 13.8 Å². The van der Waals surface area contributed by atoms with Crippen molar-refractivity contribution in [2.45, 2.75) is 33.6 Å². The maximum absolute atomic E-state index is 11.0. The molecule has 0 amide bonds. The minimum atomic E-state index is -0.957. The highest BCUT2D eigenvalue weighted by Gasteiger charge is 2.12. The molecule has 0 bridgehead atoms. The van der Waals surface area contributed by atoms with Gasteiger partial charge in [-0.15, -0.1) is 0 Å². The van der Waals surface area contributed by atoms with E-state index in [4.69, 9.17) is 5.11 Å². The standard InChI is InChI=1S/C14H17N3O2/c1-4-10-8-11(5-2)17(16-10)13-7-6-12(14(18)19)9(3)15-13/h6-8H,4-5H2,1-3H3,(H,18,19). The zero-order valence-electron chi connectivity index (χ0n) is 11.3. The fourth-order valence-electron chi connectivity index (χ4n) is 1.99. The summed E-state index contributed by atoms with van der Waals surface area (Å²) < 4.78 is 1.79. The van der Waals surface area contributed by atoms with Crippen LogP contribution in [0.15, 0.2) is 18.2 Å². The monoisotopic (exact) mass is 259 g/mol. The first-order chi connectivity index (χ1) is 9.06. The highest BCUT2D eigenvalue weighted by atomic mass is 16.4. The summed E-state index contributed by atoms with van der Waals surface area (Å²) in [5.74, 6) is -0.291. The van der Waals surface area contributed by atoms with E-state index in [2.05, 4.69) is 30.0 Å². The molecule has 5 nitrogen and oxygen atoms in total. The molecular weight excluding hydrogens is 242 g/mol. The van der Waals surface area contributed by atoms with Crippen LogP contribution in [-0.4, -0.2) is 25.8 Å². The number of rotatable bonds is 4. The zero-order valence-corrected chi connectivity index (χ0v) is 11.3. The number of aromatic carboxylic acids is 1. The molecule has 0 fully saturated rings. The molecular formula is C14H17N3O2. The number of carboxylic acids is 1. The molecule has 0 unspecified atom stereocenters. The number of carbonyl (C=O) groups is 1. The molecule has 2 aromatic heterocycles. The van der Waals surface area contributed by atoms with E-state index in [0.29, 0.717) is 11.5 Å². The number of carboxylic acid groups (broad SMARTS) is 1. The lowest BCUT2D eigenvalue weighted by atomic mass is 10.2. The predicted molar refractivity (Wildman–Crippen MR) is 71.8 cm³/mol. The van der Waals surface area contributed by atoms with Gasteiger partial charge in [0.05, 0.1) is 17.0 Å². The van der Waals surface area contributed by atoms with Crippen molar-refractivity contribution in [2.75, 3.05) is 0 Å². The Hall–Kier alpha value is -2.17. The van der Waals surface area contributed by atoms with Crippen LogP contribution in [0.25, 0.3) is 5.82 Å². The van der Waals surface area contributed by atoms with Crippen molar-refractivity contribution in [2.24, 2.45) is 0 Å². The van der Waals surface area contributed by atoms with E-state index in [1.807, 2.05) is 0 Å². The van der Waals surface area contributed by atoms with Gasteiger partial charge in [-0.3, -0.25) is 0 Å². The van der Waals surface area contributed by atoms with Crippen molar-refractivity contribution in [1.29, 1.82) is 0 Å². The Morgan fingerprint density at radius 1 is 1.32 bits per heavy atom. The van der Waals surface area contributed by atoms with Gasteiger partial charge in [0.1, 0.15) is 0 Å². The molecule has 2 aromatic rings. The number of hydrogen-bond donors (Lipinski definition) is 1. The van der Waals surface area contributed by atoms with Gasteiger partial charge in [0, 0.05) is 5.69 Å². The summed E-state index contributed by atoms with van der Waals surface area (Å²) in [5, 5.41) is 13.5. The summed E-state index contributed by atoms with van der Waals surface area (Å²) in [6.07, 6.45) is 1.72. The molecule has 100 valence electrons. The van der Waals surface area contributed by atoms with E-state index in [-0.39, 0.29) is 5.56 Å². The molecule has 2 heterocycles. The SMILES string of the molecule is CCc1cc(CC)n(-c2ccc(C(=O)O)c(C)n2)n1. The summed E-state index contributed by atoms with van der Waals surface area (Å²) in [4.78, 5) is 15.3. The van der Waals surface area contributed by atoms with Crippen molar-refractivity contribution in [3.05, 3.63) is 40.8 Å². The molecule has 1 N–H and O–H groups in total. The zero-order chi connectivity index (χ0) is 14.0. The summed E-state index contributed by atoms with van der Waals surface area (Å²) in [5.41, 5.74) is 2.82. The van der Waals surface area contributed by atoms with Crippen LogP contribution in [0.4, 0.5) is 0 Å². The number of hydrogen-bond acceptors (Lipinski definition) is 3. The normalized spacial score (nSPS) is 10.7. The van der Waals surface area contributed by atoms with Crippen LogP contribution in [-0.2, 0) is 12.8 Å². The molecule has 0 saturated carbocycles. The molecule has 0 aliphatic heterocycles. The van der Waals surface area contributed by atoms with Crippen LogP contribution in [0.5, 0.6) is 0 Å². The third kappa shape index (κ3) is 2.50. The molecule has 0 saturated heterocycles. The second-order valence-corrected chi connectivity index (χ2v) is 4.35. The van der Waals surface area contributed by atoms with Gasteiger partial charge >= 0.3 is 5.97 Å². The number of nitrogens with zero attached hydrogens (tertiary/aromatic N) is 3. The Balaban J connectivity index is 2.50. The van der Waals surface area contributed by atoms with E-state index >= 15 is 0 Å². The van der Waals surface area contributed by atoms with E-state index in [0.717, 1.165) is 24.2 Å². The average molecular weight is 259 g/mol. The molecule has 0 aliphatic carbocycles. The average Bonchev–Trinajstić information content (AvgIpc) is 2.81. The van der Waals surface area contributed by atoms with Crippen LogP contribution < -0.4 is 0 Å².